The third kappa shape index (κ3) is 7.47. The van der Waals surface area contributed by atoms with Crippen LogP contribution in [0.15, 0.2) is 77.9 Å². The number of carbonyl (C=O) groups is 1. The highest BCUT2D eigenvalue weighted by Gasteiger charge is 2.24. The molecule has 3 aromatic carbocycles. The van der Waals surface area contributed by atoms with Gasteiger partial charge in [0.1, 0.15) is 30.4 Å². The summed E-state index contributed by atoms with van der Waals surface area (Å²) < 4.78 is 41.8. The molecule has 1 N–H and O–H groups in total. The molecule has 0 radical (unpaired) electrons. The van der Waals surface area contributed by atoms with Crippen LogP contribution in [-0.2, 0) is 21.4 Å². The molecule has 0 saturated heterocycles. The first-order chi connectivity index (χ1) is 16.8. The number of hydrazone groups is 1. The van der Waals surface area contributed by atoms with Crippen molar-refractivity contribution in [2.75, 3.05) is 31.3 Å². The number of sulfonamides is 1. The molecule has 0 heterocycles. The van der Waals surface area contributed by atoms with Crippen LogP contribution in [0.3, 0.4) is 0 Å². The Morgan fingerprint density at radius 1 is 0.971 bits per heavy atom. The maximum atomic E-state index is 12.4. The molecule has 0 fully saturated rings. The summed E-state index contributed by atoms with van der Waals surface area (Å²) in [6.45, 7) is -0.0225. The van der Waals surface area contributed by atoms with E-state index >= 15 is 0 Å². The van der Waals surface area contributed by atoms with E-state index in [0.29, 0.717) is 18.1 Å². The molecule has 0 atom stereocenters. The molecule has 0 aliphatic carbocycles. The van der Waals surface area contributed by atoms with Gasteiger partial charge >= 0.3 is 0 Å². The van der Waals surface area contributed by atoms with Gasteiger partial charge in [-0.3, -0.25) is 9.10 Å². The molecule has 0 bridgehead atoms. The predicted octanol–water partition coefficient (Wildman–Crippen LogP) is 3.20. The van der Waals surface area contributed by atoms with Crippen molar-refractivity contribution >= 4 is 27.8 Å². The summed E-state index contributed by atoms with van der Waals surface area (Å²) in [4.78, 5) is 12.4. The summed E-state index contributed by atoms with van der Waals surface area (Å²) in [7, 11) is -0.897. The van der Waals surface area contributed by atoms with Crippen molar-refractivity contribution in [2.24, 2.45) is 5.10 Å². The fraction of sp³-hybridized carbons (Fsp3) is 0.200. The van der Waals surface area contributed by atoms with Gasteiger partial charge in [0.25, 0.3) is 5.91 Å². The SMILES string of the molecule is COc1ccc(N(CC(=O)N/N=C\c2ccc(OCc3ccccc3)cc2)S(C)(=O)=O)c(OC)c1. The minimum atomic E-state index is -3.79. The topological polar surface area (TPSA) is 107 Å². The van der Waals surface area contributed by atoms with Gasteiger partial charge in [0.05, 0.1) is 32.4 Å². The Kier molecular flexibility index (Phi) is 8.69. The number of rotatable bonds is 11. The van der Waals surface area contributed by atoms with Crippen molar-refractivity contribution < 1.29 is 27.4 Å². The lowest BCUT2D eigenvalue weighted by atomic mass is 10.2. The maximum absolute atomic E-state index is 12.4. The lowest BCUT2D eigenvalue weighted by molar-refractivity contribution is -0.119. The number of amides is 1. The smallest absolute Gasteiger partial charge is 0.260 e. The van der Waals surface area contributed by atoms with Crippen LogP contribution in [0.2, 0.25) is 0 Å². The van der Waals surface area contributed by atoms with Crippen LogP contribution >= 0.6 is 0 Å². The van der Waals surface area contributed by atoms with Gasteiger partial charge in [-0.2, -0.15) is 5.10 Å². The molecule has 9 nitrogen and oxygen atoms in total. The first-order valence-corrected chi connectivity index (χ1v) is 12.4. The van der Waals surface area contributed by atoms with E-state index in [1.807, 2.05) is 30.3 Å². The van der Waals surface area contributed by atoms with Gasteiger partial charge in [0.2, 0.25) is 10.0 Å². The molecular formula is C25H27N3O6S. The quantitative estimate of drug-likeness (QED) is 0.322. The molecule has 1 amide bonds. The minimum absolute atomic E-state index is 0.209. The van der Waals surface area contributed by atoms with Gasteiger partial charge < -0.3 is 14.2 Å². The first kappa shape index (κ1) is 25.6. The van der Waals surface area contributed by atoms with Crippen LogP contribution in [-0.4, -0.2) is 47.6 Å². The number of ether oxygens (including phenoxy) is 3. The Balaban J connectivity index is 1.60. The van der Waals surface area contributed by atoms with Crippen molar-refractivity contribution in [1.29, 1.82) is 0 Å². The Hall–Kier alpha value is -4.05. The number of methoxy groups -OCH3 is 2. The van der Waals surface area contributed by atoms with Gasteiger partial charge in [0, 0.05) is 6.07 Å². The number of hydrogen-bond acceptors (Lipinski definition) is 7. The molecule has 3 aromatic rings. The van der Waals surface area contributed by atoms with E-state index in [1.165, 1.54) is 32.6 Å². The molecular weight excluding hydrogens is 470 g/mol. The largest absolute Gasteiger partial charge is 0.497 e. The van der Waals surface area contributed by atoms with Crippen molar-refractivity contribution in [3.05, 3.63) is 83.9 Å². The molecule has 0 aliphatic rings. The van der Waals surface area contributed by atoms with E-state index in [9.17, 15) is 13.2 Å². The second-order valence-corrected chi connectivity index (χ2v) is 9.35. The molecule has 10 heteroatoms. The zero-order valence-electron chi connectivity index (χ0n) is 19.7. The fourth-order valence-electron chi connectivity index (χ4n) is 3.11. The Labute approximate surface area is 205 Å². The van der Waals surface area contributed by atoms with Gasteiger partial charge in [-0.1, -0.05) is 30.3 Å². The molecule has 3 rings (SSSR count). The number of benzene rings is 3. The summed E-state index contributed by atoms with van der Waals surface area (Å²) in [5.74, 6) is 0.824. The van der Waals surface area contributed by atoms with Gasteiger partial charge in [-0.15, -0.1) is 0 Å². The number of carbonyl (C=O) groups excluding carboxylic acids is 1. The highest BCUT2D eigenvalue weighted by atomic mass is 32.2. The molecule has 184 valence electrons. The molecule has 35 heavy (non-hydrogen) atoms. The maximum Gasteiger partial charge on any atom is 0.260 e. The second-order valence-electron chi connectivity index (χ2n) is 7.44. The van der Waals surface area contributed by atoms with Gasteiger partial charge in [-0.25, -0.2) is 13.8 Å². The zero-order valence-corrected chi connectivity index (χ0v) is 20.5. The molecule has 0 saturated carbocycles. The number of anilines is 1. The number of nitrogens with zero attached hydrogens (tertiary/aromatic N) is 2. The normalized spacial score (nSPS) is 11.2. The van der Waals surface area contributed by atoms with E-state index in [1.54, 1.807) is 30.3 Å². The molecule has 0 unspecified atom stereocenters. The summed E-state index contributed by atoms with van der Waals surface area (Å²) in [6.07, 6.45) is 2.46. The lowest BCUT2D eigenvalue weighted by Gasteiger charge is -2.23. The van der Waals surface area contributed by atoms with Gasteiger partial charge in [-0.05, 0) is 47.5 Å². The zero-order chi connectivity index (χ0) is 25.3. The highest BCUT2D eigenvalue weighted by Crippen LogP contribution is 2.33. The lowest BCUT2D eigenvalue weighted by Crippen LogP contribution is -2.39. The predicted molar refractivity (Wildman–Crippen MR) is 135 cm³/mol. The molecule has 0 aromatic heterocycles. The van der Waals surface area contributed by atoms with E-state index in [4.69, 9.17) is 14.2 Å². The summed E-state index contributed by atoms with van der Waals surface area (Å²) in [6, 6.07) is 21.6. The molecule has 0 aliphatic heterocycles. The minimum Gasteiger partial charge on any atom is -0.497 e. The average molecular weight is 498 g/mol. The fourth-order valence-corrected chi connectivity index (χ4v) is 3.97. The summed E-state index contributed by atoms with van der Waals surface area (Å²) in [5.41, 5.74) is 4.36. The van der Waals surface area contributed by atoms with E-state index in [-0.39, 0.29) is 11.4 Å². The van der Waals surface area contributed by atoms with Crippen molar-refractivity contribution in [3.8, 4) is 17.2 Å². The average Bonchev–Trinajstić information content (AvgIpc) is 2.86. The van der Waals surface area contributed by atoms with Gasteiger partial charge in [0.15, 0.2) is 0 Å². The van der Waals surface area contributed by atoms with Crippen molar-refractivity contribution in [1.82, 2.24) is 5.43 Å². The second kappa shape index (κ2) is 11.9. The van der Waals surface area contributed by atoms with Crippen LogP contribution in [0, 0.1) is 0 Å². The summed E-state index contributed by atoms with van der Waals surface area (Å²) in [5, 5.41) is 3.93. The Morgan fingerprint density at radius 3 is 2.29 bits per heavy atom. The Bertz CT molecular complexity index is 1260. The first-order valence-electron chi connectivity index (χ1n) is 10.6. The number of nitrogens with one attached hydrogen (secondary N) is 1. The highest BCUT2D eigenvalue weighted by molar-refractivity contribution is 7.92. The van der Waals surface area contributed by atoms with E-state index in [0.717, 1.165) is 21.7 Å². The van der Waals surface area contributed by atoms with Crippen LogP contribution in [0.5, 0.6) is 17.2 Å². The van der Waals surface area contributed by atoms with Crippen LogP contribution in [0.25, 0.3) is 0 Å². The van der Waals surface area contributed by atoms with Crippen molar-refractivity contribution in [3.63, 3.8) is 0 Å². The monoisotopic (exact) mass is 497 g/mol. The standard InChI is InChI=1S/C25H27N3O6S/c1-32-22-13-14-23(24(15-22)33-2)28(35(3,30)31)17-25(29)27-26-16-19-9-11-21(12-10-19)34-18-20-7-5-4-6-8-20/h4-16H,17-18H2,1-3H3,(H,27,29)/b26-16-. The van der Waals surface area contributed by atoms with Crippen LogP contribution in [0.1, 0.15) is 11.1 Å². The van der Waals surface area contributed by atoms with Crippen LogP contribution < -0.4 is 23.9 Å². The third-order valence-electron chi connectivity index (χ3n) is 4.87. The molecule has 0 spiro atoms. The van der Waals surface area contributed by atoms with Crippen LogP contribution in [0.4, 0.5) is 5.69 Å². The summed E-state index contributed by atoms with van der Waals surface area (Å²) >= 11 is 0. The van der Waals surface area contributed by atoms with E-state index in [2.05, 4.69) is 10.5 Å². The van der Waals surface area contributed by atoms with E-state index < -0.39 is 22.5 Å². The Morgan fingerprint density at radius 2 is 1.66 bits per heavy atom. The number of hydrogen-bond donors (Lipinski definition) is 1. The third-order valence-corrected chi connectivity index (χ3v) is 6.00. The van der Waals surface area contributed by atoms with Crippen molar-refractivity contribution in [2.45, 2.75) is 6.61 Å².